The Morgan fingerprint density at radius 2 is 2.06 bits per heavy atom. The van der Waals surface area contributed by atoms with Gasteiger partial charge in [-0.3, -0.25) is 0 Å². The van der Waals surface area contributed by atoms with Crippen LogP contribution in [0, 0.1) is 5.82 Å². The Morgan fingerprint density at radius 1 is 1.35 bits per heavy atom. The van der Waals surface area contributed by atoms with E-state index in [0.717, 1.165) is 31.5 Å². The minimum absolute atomic E-state index is 0. The van der Waals surface area contributed by atoms with Gasteiger partial charge in [0, 0.05) is 18.4 Å². The molecule has 3 nitrogen and oxygen atoms in total. The van der Waals surface area contributed by atoms with E-state index in [-0.39, 0.29) is 24.3 Å². The quantitative estimate of drug-likeness (QED) is 0.746. The highest BCUT2D eigenvalue weighted by molar-refractivity contribution is 5.85. The number of nitrogens with one attached hydrogen (secondary N) is 1. The van der Waals surface area contributed by atoms with Gasteiger partial charge in [0.25, 0.3) is 0 Å². The molecule has 1 saturated heterocycles. The van der Waals surface area contributed by atoms with Gasteiger partial charge in [-0.05, 0) is 19.2 Å². The molecule has 1 spiro atoms. The van der Waals surface area contributed by atoms with Gasteiger partial charge in [-0.25, -0.2) is 4.39 Å². The molecule has 2 aliphatic rings. The van der Waals surface area contributed by atoms with Crippen LogP contribution in [-0.4, -0.2) is 18.7 Å². The third-order valence-corrected chi connectivity index (χ3v) is 3.65. The Balaban J connectivity index is 0.00000108. The van der Waals surface area contributed by atoms with E-state index in [9.17, 15) is 4.39 Å². The monoisotopic (exact) mass is 258 g/mol. The molecule has 0 amide bonds. The summed E-state index contributed by atoms with van der Waals surface area (Å²) in [6, 6.07) is 4.77. The van der Waals surface area contributed by atoms with Crippen molar-refractivity contribution in [3.8, 4) is 5.75 Å². The van der Waals surface area contributed by atoms with E-state index >= 15 is 0 Å². The number of hydrogen-bond donors (Lipinski definition) is 2. The van der Waals surface area contributed by atoms with Crippen LogP contribution in [0.4, 0.5) is 4.39 Å². The lowest BCUT2D eigenvalue weighted by atomic mass is 9.84. The number of halogens is 2. The topological polar surface area (TPSA) is 47.3 Å². The highest BCUT2D eigenvalue weighted by Crippen LogP contribution is 2.47. The highest BCUT2D eigenvalue weighted by atomic mass is 35.5. The van der Waals surface area contributed by atoms with E-state index in [2.05, 4.69) is 5.32 Å². The number of fused-ring (bicyclic) bond motifs is 1. The molecule has 3 rings (SSSR count). The molecule has 1 aromatic rings. The number of ether oxygens (including phenoxy) is 1. The van der Waals surface area contributed by atoms with Crippen molar-refractivity contribution in [1.82, 2.24) is 5.32 Å². The van der Waals surface area contributed by atoms with Gasteiger partial charge in [0.1, 0.15) is 5.60 Å². The molecule has 1 aromatic carbocycles. The van der Waals surface area contributed by atoms with Crippen LogP contribution in [0.25, 0.3) is 0 Å². The van der Waals surface area contributed by atoms with Crippen LogP contribution < -0.4 is 15.8 Å². The first-order valence-electron chi connectivity index (χ1n) is 5.67. The van der Waals surface area contributed by atoms with Gasteiger partial charge in [-0.15, -0.1) is 12.4 Å². The number of nitrogens with two attached hydrogens (primary N) is 1. The zero-order valence-corrected chi connectivity index (χ0v) is 10.2. The Kier molecular flexibility index (Phi) is 3.30. The Labute approximate surface area is 106 Å². The van der Waals surface area contributed by atoms with Gasteiger partial charge in [-0.2, -0.15) is 0 Å². The minimum Gasteiger partial charge on any atom is -0.482 e. The number of piperidine rings is 1. The van der Waals surface area contributed by atoms with Gasteiger partial charge in [0.05, 0.1) is 6.04 Å². The molecule has 2 aliphatic heterocycles. The molecule has 0 aliphatic carbocycles. The Bertz CT molecular complexity index is 421. The van der Waals surface area contributed by atoms with E-state index in [4.69, 9.17) is 10.5 Å². The van der Waals surface area contributed by atoms with Gasteiger partial charge in [0.2, 0.25) is 0 Å². The molecule has 0 saturated carbocycles. The number of hydrogen-bond acceptors (Lipinski definition) is 3. The lowest BCUT2D eigenvalue weighted by molar-refractivity contribution is 0.0342. The fourth-order valence-corrected chi connectivity index (χ4v) is 2.69. The molecule has 3 N–H and O–H groups in total. The maximum atomic E-state index is 13.6. The first-order chi connectivity index (χ1) is 7.73. The average Bonchev–Trinajstić information content (AvgIpc) is 2.57. The molecule has 1 fully saturated rings. The molecular weight excluding hydrogens is 243 g/mol. The second-order valence-corrected chi connectivity index (χ2v) is 4.55. The van der Waals surface area contributed by atoms with E-state index in [0.29, 0.717) is 5.75 Å². The van der Waals surface area contributed by atoms with Gasteiger partial charge < -0.3 is 15.8 Å². The van der Waals surface area contributed by atoms with Crippen LogP contribution in [0.3, 0.4) is 0 Å². The van der Waals surface area contributed by atoms with Crippen molar-refractivity contribution in [2.45, 2.75) is 24.5 Å². The summed E-state index contributed by atoms with van der Waals surface area (Å²) in [6.07, 6.45) is 1.67. The van der Waals surface area contributed by atoms with Crippen molar-refractivity contribution >= 4 is 12.4 Å². The smallest absolute Gasteiger partial charge is 0.165 e. The molecule has 5 heteroatoms. The van der Waals surface area contributed by atoms with Crippen LogP contribution in [-0.2, 0) is 0 Å². The Hall–Kier alpha value is -0.840. The van der Waals surface area contributed by atoms with Crippen molar-refractivity contribution in [1.29, 1.82) is 0 Å². The van der Waals surface area contributed by atoms with Gasteiger partial charge >= 0.3 is 0 Å². The molecule has 0 bridgehead atoms. The van der Waals surface area contributed by atoms with Crippen LogP contribution >= 0.6 is 12.4 Å². The largest absolute Gasteiger partial charge is 0.482 e. The summed E-state index contributed by atoms with van der Waals surface area (Å²) in [5, 5.41) is 3.27. The predicted molar refractivity (Wildman–Crippen MR) is 66.0 cm³/mol. The maximum Gasteiger partial charge on any atom is 0.165 e. The summed E-state index contributed by atoms with van der Waals surface area (Å²) in [6.45, 7) is 1.76. The van der Waals surface area contributed by atoms with Gasteiger partial charge in [0.15, 0.2) is 11.6 Å². The third kappa shape index (κ3) is 1.80. The van der Waals surface area contributed by atoms with Crippen molar-refractivity contribution in [2.24, 2.45) is 5.73 Å². The van der Waals surface area contributed by atoms with Crippen molar-refractivity contribution < 1.29 is 9.13 Å². The molecular formula is C12H16ClFN2O. The highest BCUT2D eigenvalue weighted by Gasteiger charge is 2.47. The van der Waals surface area contributed by atoms with Crippen LogP contribution in [0.5, 0.6) is 5.75 Å². The van der Waals surface area contributed by atoms with E-state index in [1.807, 2.05) is 6.07 Å². The molecule has 1 unspecified atom stereocenters. The van der Waals surface area contributed by atoms with Crippen LogP contribution in [0.1, 0.15) is 24.4 Å². The number of para-hydroxylation sites is 1. The zero-order chi connectivity index (χ0) is 11.2. The first-order valence-corrected chi connectivity index (χ1v) is 5.67. The summed E-state index contributed by atoms with van der Waals surface area (Å²) in [5.41, 5.74) is 6.62. The van der Waals surface area contributed by atoms with Gasteiger partial charge in [-0.1, -0.05) is 12.1 Å². The summed E-state index contributed by atoms with van der Waals surface area (Å²) < 4.78 is 19.4. The Morgan fingerprint density at radius 3 is 2.71 bits per heavy atom. The minimum atomic E-state index is -0.393. The lowest BCUT2D eigenvalue weighted by Crippen LogP contribution is -2.50. The maximum absolute atomic E-state index is 13.6. The van der Waals surface area contributed by atoms with Crippen molar-refractivity contribution in [2.75, 3.05) is 13.1 Å². The third-order valence-electron chi connectivity index (χ3n) is 3.65. The molecule has 0 radical (unpaired) electrons. The molecule has 17 heavy (non-hydrogen) atoms. The van der Waals surface area contributed by atoms with E-state index in [1.165, 1.54) is 6.07 Å². The van der Waals surface area contributed by atoms with E-state index in [1.54, 1.807) is 6.07 Å². The molecule has 94 valence electrons. The summed E-state index contributed by atoms with van der Waals surface area (Å²) >= 11 is 0. The summed E-state index contributed by atoms with van der Waals surface area (Å²) in [7, 11) is 0. The van der Waals surface area contributed by atoms with Crippen LogP contribution in [0.2, 0.25) is 0 Å². The molecule has 0 aromatic heterocycles. The number of rotatable bonds is 0. The van der Waals surface area contributed by atoms with Crippen molar-refractivity contribution in [3.63, 3.8) is 0 Å². The van der Waals surface area contributed by atoms with Crippen molar-refractivity contribution in [3.05, 3.63) is 29.6 Å². The SMILES string of the molecule is Cl.NC1c2cccc(F)c2OC12CCNCC2. The van der Waals surface area contributed by atoms with Crippen LogP contribution in [0.15, 0.2) is 18.2 Å². The molecule has 1 atom stereocenters. The lowest BCUT2D eigenvalue weighted by Gasteiger charge is -2.36. The second-order valence-electron chi connectivity index (χ2n) is 4.55. The zero-order valence-electron chi connectivity index (χ0n) is 9.41. The second kappa shape index (κ2) is 4.44. The predicted octanol–water partition coefficient (Wildman–Crippen LogP) is 1.76. The normalized spacial score (nSPS) is 24.9. The average molecular weight is 259 g/mol. The standard InChI is InChI=1S/C12H15FN2O.ClH/c13-9-3-1-2-8-10(9)16-12(11(8)14)4-6-15-7-5-12;/h1-3,11,15H,4-7,14H2;1H. The van der Waals surface area contributed by atoms with E-state index < -0.39 is 5.60 Å². The fraction of sp³-hybridized carbons (Fsp3) is 0.500. The fourth-order valence-electron chi connectivity index (χ4n) is 2.69. The first kappa shape index (κ1) is 12.6. The molecule has 2 heterocycles. The summed E-state index contributed by atoms with van der Waals surface area (Å²) in [4.78, 5) is 0. The summed E-state index contributed by atoms with van der Waals surface area (Å²) in [5.74, 6) is 0.0558. The number of benzene rings is 1.